The van der Waals surface area contributed by atoms with E-state index < -0.39 is 0 Å². The van der Waals surface area contributed by atoms with E-state index in [-0.39, 0.29) is 0 Å². The smallest absolute Gasteiger partial charge is 0.116 e. The molecule has 1 radical (unpaired) electrons. The van der Waals surface area contributed by atoms with Crippen molar-refractivity contribution in [2.75, 3.05) is 0 Å². The lowest BCUT2D eigenvalue weighted by Gasteiger charge is -1.99. The molecule has 0 aliphatic rings. The topological polar surface area (TPSA) is 25.8 Å². The molecule has 2 aromatic rings. The van der Waals surface area contributed by atoms with Crippen LogP contribution in [0.15, 0.2) is 36.8 Å². The Hall–Kier alpha value is -1.70. The van der Waals surface area contributed by atoms with Crippen molar-refractivity contribution < 1.29 is 0 Å². The van der Waals surface area contributed by atoms with Gasteiger partial charge in [0.15, 0.2) is 0 Å². The first-order valence-electron chi connectivity index (χ1n) is 4.11. The van der Waals surface area contributed by atoms with E-state index in [1.165, 1.54) is 5.56 Å². The Morgan fingerprint density at radius 3 is 2.92 bits per heavy atom. The van der Waals surface area contributed by atoms with E-state index in [1.54, 1.807) is 12.5 Å². The number of nitrogens with zero attached hydrogens (tertiary/aromatic N) is 2. The van der Waals surface area contributed by atoms with Crippen LogP contribution in [0.25, 0.3) is 11.3 Å². The molecule has 0 unspecified atom stereocenters. The summed E-state index contributed by atoms with van der Waals surface area (Å²) in [7, 11) is 0. The molecular weight excluding hydrogens is 160 g/mol. The predicted octanol–water partition coefficient (Wildman–Crippen LogP) is 2.25. The second kappa shape index (κ2) is 3.35. The van der Waals surface area contributed by atoms with Crippen molar-refractivity contribution in [2.45, 2.75) is 6.92 Å². The second-order valence-electron chi connectivity index (χ2n) is 2.87. The average molecular weight is 169 g/mol. The summed E-state index contributed by atoms with van der Waals surface area (Å²) in [5.74, 6) is 0. The van der Waals surface area contributed by atoms with Crippen LogP contribution >= 0.6 is 0 Å². The number of aromatic nitrogens is 2. The molecule has 2 rings (SSSR count). The van der Waals surface area contributed by atoms with Gasteiger partial charge in [0.05, 0.1) is 5.69 Å². The van der Waals surface area contributed by atoms with Crippen LogP contribution in [0, 0.1) is 13.0 Å². The van der Waals surface area contributed by atoms with Crippen molar-refractivity contribution in [3.05, 3.63) is 48.4 Å². The highest BCUT2D eigenvalue weighted by Crippen LogP contribution is 2.15. The molecule has 63 valence electrons. The molecule has 2 nitrogen and oxygen atoms in total. The fourth-order valence-corrected chi connectivity index (χ4v) is 1.18. The zero-order valence-electron chi connectivity index (χ0n) is 7.36. The van der Waals surface area contributed by atoms with E-state index in [9.17, 15) is 0 Å². The lowest BCUT2D eigenvalue weighted by Crippen LogP contribution is -1.84. The Labute approximate surface area is 77.3 Å². The van der Waals surface area contributed by atoms with Gasteiger partial charge in [0, 0.05) is 11.8 Å². The Bertz CT molecular complexity index is 396. The van der Waals surface area contributed by atoms with Crippen molar-refractivity contribution in [1.29, 1.82) is 0 Å². The lowest BCUT2D eigenvalue weighted by molar-refractivity contribution is 1.17. The number of hydrogen-bond acceptors (Lipinski definition) is 2. The molecule has 1 aromatic carbocycles. The summed E-state index contributed by atoms with van der Waals surface area (Å²) in [5.41, 5.74) is 3.15. The molecule has 13 heavy (non-hydrogen) atoms. The number of rotatable bonds is 1. The van der Waals surface area contributed by atoms with Crippen molar-refractivity contribution in [3.8, 4) is 11.3 Å². The third-order valence-corrected chi connectivity index (χ3v) is 1.81. The molecule has 0 aliphatic carbocycles. The largest absolute Gasteiger partial charge is 0.245 e. The first kappa shape index (κ1) is 7.92. The fraction of sp³-hybridized carbons (Fsp3) is 0.0909. The summed E-state index contributed by atoms with van der Waals surface area (Å²) in [5, 5.41) is 0. The maximum absolute atomic E-state index is 4.15. The van der Waals surface area contributed by atoms with E-state index >= 15 is 0 Å². The first-order valence-corrected chi connectivity index (χ1v) is 4.11. The summed E-state index contributed by atoms with van der Waals surface area (Å²) < 4.78 is 0. The van der Waals surface area contributed by atoms with E-state index in [0.29, 0.717) is 0 Å². The normalized spacial score (nSPS) is 9.92. The number of hydrogen-bond donors (Lipinski definition) is 0. The van der Waals surface area contributed by atoms with Gasteiger partial charge in [0.25, 0.3) is 0 Å². The van der Waals surface area contributed by atoms with Crippen LogP contribution in [0.5, 0.6) is 0 Å². The highest BCUT2D eigenvalue weighted by atomic mass is 14.8. The summed E-state index contributed by atoms with van der Waals surface area (Å²) in [6, 6.07) is 11.0. The van der Waals surface area contributed by atoms with E-state index in [0.717, 1.165) is 11.3 Å². The summed E-state index contributed by atoms with van der Waals surface area (Å²) in [6.45, 7) is 2.05. The van der Waals surface area contributed by atoms with E-state index in [4.69, 9.17) is 0 Å². The third kappa shape index (κ3) is 1.72. The fourth-order valence-electron chi connectivity index (χ4n) is 1.18. The molecule has 2 heteroatoms. The predicted molar refractivity (Wildman–Crippen MR) is 51.0 cm³/mol. The molecule has 1 aromatic heterocycles. The Kier molecular flexibility index (Phi) is 2.04. The lowest BCUT2D eigenvalue weighted by atomic mass is 10.1. The van der Waals surface area contributed by atoms with Crippen LogP contribution in [0.2, 0.25) is 0 Å². The molecule has 1 heterocycles. The van der Waals surface area contributed by atoms with Gasteiger partial charge in [-0.05, 0) is 25.1 Å². The molecule has 0 atom stereocenters. The van der Waals surface area contributed by atoms with Gasteiger partial charge in [-0.3, -0.25) is 0 Å². The number of aryl methyl sites for hydroxylation is 1. The molecular formula is C11H9N2. The second-order valence-corrected chi connectivity index (χ2v) is 2.87. The Balaban J connectivity index is 2.48. The van der Waals surface area contributed by atoms with Gasteiger partial charge in [-0.1, -0.05) is 17.7 Å². The number of benzene rings is 1. The molecule has 0 amide bonds. The van der Waals surface area contributed by atoms with Gasteiger partial charge < -0.3 is 0 Å². The van der Waals surface area contributed by atoms with Crippen molar-refractivity contribution in [1.82, 2.24) is 9.97 Å². The Morgan fingerprint density at radius 1 is 1.31 bits per heavy atom. The highest BCUT2D eigenvalue weighted by molar-refractivity contribution is 5.58. The van der Waals surface area contributed by atoms with Crippen LogP contribution < -0.4 is 0 Å². The van der Waals surface area contributed by atoms with E-state index in [2.05, 4.69) is 29.0 Å². The zero-order valence-corrected chi connectivity index (χ0v) is 7.36. The first-order chi connectivity index (χ1) is 6.36. The summed E-state index contributed by atoms with van der Waals surface area (Å²) in [4.78, 5) is 8.02. The quantitative estimate of drug-likeness (QED) is 0.654. The van der Waals surface area contributed by atoms with Gasteiger partial charge in [-0.25, -0.2) is 9.97 Å². The standard InChI is InChI=1S/C11H9N2/c1-9-3-2-4-10(7-9)11-5-6-12-8-13-11/h2-3,5-8H,1H3. The molecule has 0 fully saturated rings. The maximum atomic E-state index is 4.15. The van der Waals surface area contributed by atoms with Gasteiger partial charge in [-0.15, -0.1) is 0 Å². The summed E-state index contributed by atoms with van der Waals surface area (Å²) in [6.07, 6.45) is 3.28. The van der Waals surface area contributed by atoms with Gasteiger partial charge in [0.2, 0.25) is 0 Å². The third-order valence-electron chi connectivity index (χ3n) is 1.81. The molecule has 0 aliphatic heterocycles. The van der Waals surface area contributed by atoms with Gasteiger partial charge in [-0.2, -0.15) is 0 Å². The highest BCUT2D eigenvalue weighted by Gasteiger charge is 1.97. The van der Waals surface area contributed by atoms with Gasteiger partial charge >= 0.3 is 0 Å². The SMILES string of the molecule is Cc1cc[c]c(-c2ccncn2)c1. The molecule has 0 bridgehead atoms. The van der Waals surface area contributed by atoms with Crippen LogP contribution in [0.3, 0.4) is 0 Å². The van der Waals surface area contributed by atoms with Crippen LogP contribution in [-0.4, -0.2) is 9.97 Å². The Morgan fingerprint density at radius 2 is 2.23 bits per heavy atom. The van der Waals surface area contributed by atoms with Gasteiger partial charge in [0.1, 0.15) is 6.33 Å². The average Bonchev–Trinajstić information content (AvgIpc) is 2.19. The molecule has 0 N–H and O–H groups in total. The minimum Gasteiger partial charge on any atom is -0.245 e. The minimum atomic E-state index is 0.915. The van der Waals surface area contributed by atoms with Crippen molar-refractivity contribution >= 4 is 0 Å². The molecule has 0 saturated carbocycles. The zero-order chi connectivity index (χ0) is 9.10. The maximum Gasteiger partial charge on any atom is 0.116 e. The minimum absolute atomic E-state index is 0.915. The van der Waals surface area contributed by atoms with E-state index in [1.807, 2.05) is 18.2 Å². The monoisotopic (exact) mass is 169 g/mol. The molecule has 0 saturated heterocycles. The molecule has 0 spiro atoms. The van der Waals surface area contributed by atoms with Crippen LogP contribution in [0.1, 0.15) is 5.56 Å². The van der Waals surface area contributed by atoms with Crippen molar-refractivity contribution in [2.24, 2.45) is 0 Å². The van der Waals surface area contributed by atoms with Crippen LogP contribution in [0.4, 0.5) is 0 Å². The van der Waals surface area contributed by atoms with Crippen molar-refractivity contribution in [3.63, 3.8) is 0 Å². The summed E-state index contributed by atoms with van der Waals surface area (Å²) >= 11 is 0. The van der Waals surface area contributed by atoms with Crippen LogP contribution in [-0.2, 0) is 0 Å².